The zero-order valence-corrected chi connectivity index (χ0v) is 10.4. The van der Waals surface area contributed by atoms with Crippen molar-refractivity contribution in [3.8, 4) is 11.8 Å². The third-order valence-corrected chi connectivity index (χ3v) is 2.39. The quantitative estimate of drug-likeness (QED) is 0.759. The number of amides is 1. The van der Waals surface area contributed by atoms with Crippen LogP contribution < -0.4 is 11.1 Å². The van der Waals surface area contributed by atoms with Crippen LogP contribution in [0.3, 0.4) is 0 Å². The van der Waals surface area contributed by atoms with E-state index in [1.165, 1.54) is 0 Å². The molecule has 0 fully saturated rings. The van der Waals surface area contributed by atoms with Crippen LogP contribution in [0.25, 0.3) is 0 Å². The molecule has 96 valence electrons. The van der Waals surface area contributed by atoms with E-state index in [0.29, 0.717) is 18.1 Å². The first-order chi connectivity index (χ1) is 9.20. The van der Waals surface area contributed by atoms with Gasteiger partial charge in [-0.3, -0.25) is 9.48 Å². The number of carbonyl (C=O) groups excluding carboxylic acids is 1. The number of rotatable bonds is 2. The van der Waals surface area contributed by atoms with Crippen molar-refractivity contribution in [2.24, 2.45) is 12.8 Å². The molecule has 0 aliphatic heterocycles. The smallest absolute Gasteiger partial charge is 0.275 e. The summed E-state index contributed by atoms with van der Waals surface area (Å²) < 4.78 is 1.57. The summed E-state index contributed by atoms with van der Waals surface area (Å²) in [5.74, 6) is 5.88. The molecule has 19 heavy (non-hydrogen) atoms. The molecule has 2 heterocycles. The number of anilines is 1. The van der Waals surface area contributed by atoms with Crippen molar-refractivity contribution >= 4 is 11.7 Å². The fourth-order valence-electron chi connectivity index (χ4n) is 1.43. The SMILES string of the molecule is Cn1nccc1NC(=O)c1ccc(C#CCN)cn1. The summed E-state index contributed by atoms with van der Waals surface area (Å²) in [7, 11) is 1.74. The van der Waals surface area contributed by atoms with Crippen LogP contribution in [0.2, 0.25) is 0 Å². The third kappa shape index (κ3) is 3.18. The van der Waals surface area contributed by atoms with E-state index >= 15 is 0 Å². The highest BCUT2D eigenvalue weighted by atomic mass is 16.2. The van der Waals surface area contributed by atoms with Gasteiger partial charge in [0.05, 0.1) is 12.7 Å². The Morgan fingerprint density at radius 3 is 2.89 bits per heavy atom. The molecule has 3 N–H and O–H groups in total. The molecular weight excluding hydrogens is 242 g/mol. The van der Waals surface area contributed by atoms with E-state index in [9.17, 15) is 4.79 Å². The average Bonchev–Trinajstić information content (AvgIpc) is 2.82. The lowest BCUT2D eigenvalue weighted by Crippen LogP contribution is -2.15. The van der Waals surface area contributed by atoms with Crippen molar-refractivity contribution in [2.45, 2.75) is 0 Å². The van der Waals surface area contributed by atoms with Crippen LogP contribution in [0.5, 0.6) is 0 Å². The molecule has 0 unspecified atom stereocenters. The van der Waals surface area contributed by atoms with Crippen molar-refractivity contribution in [3.05, 3.63) is 41.9 Å². The maximum Gasteiger partial charge on any atom is 0.275 e. The highest BCUT2D eigenvalue weighted by Crippen LogP contribution is 2.06. The monoisotopic (exact) mass is 255 g/mol. The summed E-state index contributed by atoms with van der Waals surface area (Å²) in [5.41, 5.74) is 6.32. The molecule has 0 bridgehead atoms. The minimum absolute atomic E-state index is 0.290. The fourth-order valence-corrected chi connectivity index (χ4v) is 1.43. The molecule has 2 aromatic rings. The molecule has 0 radical (unpaired) electrons. The second kappa shape index (κ2) is 5.80. The Bertz CT molecular complexity index is 633. The highest BCUT2D eigenvalue weighted by Gasteiger charge is 2.09. The number of hydrogen-bond donors (Lipinski definition) is 2. The minimum Gasteiger partial charge on any atom is -0.320 e. The van der Waals surface area contributed by atoms with E-state index in [1.807, 2.05) is 0 Å². The Morgan fingerprint density at radius 1 is 1.47 bits per heavy atom. The zero-order valence-electron chi connectivity index (χ0n) is 10.4. The molecule has 0 aliphatic rings. The third-order valence-electron chi connectivity index (χ3n) is 2.39. The van der Waals surface area contributed by atoms with E-state index in [2.05, 4.69) is 27.2 Å². The topological polar surface area (TPSA) is 85.8 Å². The minimum atomic E-state index is -0.290. The van der Waals surface area contributed by atoms with Gasteiger partial charge in [0.2, 0.25) is 0 Å². The first-order valence-corrected chi connectivity index (χ1v) is 5.65. The highest BCUT2D eigenvalue weighted by molar-refractivity contribution is 6.02. The summed E-state index contributed by atoms with van der Waals surface area (Å²) in [6.45, 7) is 0.294. The van der Waals surface area contributed by atoms with Gasteiger partial charge in [-0.15, -0.1) is 0 Å². The molecule has 6 nitrogen and oxygen atoms in total. The predicted octanol–water partition coefficient (Wildman–Crippen LogP) is 0.378. The normalized spacial score (nSPS) is 9.58. The van der Waals surface area contributed by atoms with Crippen molar-refractivity contribution < 1.29 is 4.79 Å². The van der Waals surface area contributed by atoms with Crippen LogP contribution in [-0.4, -0.2) is 27.2 Å². The van der Waals surface area contributed by atoms with E-state index in [1.54, 1.807) is 42.3 Å². The van der Waals surface area contributed by atoms with Crippen molar-refractivity contribution in [1.82, 2.24) is 14.8 Å². The number of nitrogens with zero attached hydrogens (tertiary/aromatic N) is 3. The Hall–Kier alpha value is -2.65. The van der Waals surface area contributed by atoms with Gasteiger partial charge < -0.3 is 11.1 Å². The van der Waals surface area contributed by atoms with Crippen LogP contribution in [0.1, 0.15) is 16.1 Å². The van der Waals surface area contributed by atoms with Gasteiger partial charge in [-0.1, -0.05) is 11.8 Å². The summed E-state index contributed by atoms with van der Waals surface area (Å²) in [6.07, 6.45) is 3.15. The Balaban J connectivity index is 2.10. The van der Waals surface area contributed by atoms with Gasteiger partial charge in [-0.2, -0.15) is 5.10 Å². The number of aromatic nitrogens is 3. The summed E-state index contributed by atoms with van der Waals surface area (Å²) in [6, 6.07) is 5.05. The molecular formula is C13H13N5O. The van der Waals surface area contributed by atoms with Gasteiger partial charge in [0.25, 0.3) is 5.91 Å². The maximum atomic E-state index is 11.9. The number of aryl methyl sites for hydroxylation is 1. The van der Waals surface area contributed by atoms with Crippen molar-refractivity contribution in [2.75, 3.05) is 11.9 Å². The van der Waals surface area contributed by atoms with E-state index in [0.717, 1.165) is 5.56 Å². The van der Waals surface area contributed by atoms with Crippen LogP contribution in [0.15, 0.2) is 30.6 Å². The Kier molecular flexibility index (Phi) is 3.90. The zero-order chi connectivity index (χ0) is 13.7. The summed E-state index contributed by atoms with van der Waals surface area (Å²) in [5, 5.41) is 6.67. The molecule has 2 aromatic heterocycles. The number of nitrogens with one attached hydrogen (secondary N) is 1. The predicted molar refractivity (Wildman–Crippen MR) is 71.3 cm³/mol. The number of carbonyl (C=O) groups is 1. The lowest BCUT2D eigenvalue weighted by Gasteiger charge is -2.04. The fraction of sp³-hybridized carbons (Fsp3) is 0.154. The number of pyridine rings is 1. The van der Waals surface area contributed by atoms with Crippen LogP contribution in [-0.2, 0) is 7.05 Å². The van der Waals surface area contributed by atoms with Gasteiger partial charge in [0.1, 0.15) is 11.5 Å². The molecule has 6 heteroatoms. The largest absolute Gasteiger partial charge is 0.320 e. The maximum absolute atomic E-state index is 11.9. The van der Waals surface area contributed by atoms with Crippen LogP contribution in [0, 0.1) is 11.8 Å². The van der Waals surface area contributed by atoms with Crippen LogP contribution in [0.4, 0.5) is 5.82 Å². The van der Waals surface area contributed by atoms with Gasteiger partial charge in [-0.05, 0) is 12.1 Å². The van der Waals surface area contributed by atoms with Gasteiger partial charge in [0.15, 0.2) is 0 Å². The van der Waals surface area contributed by atoms with E-state index in [4.69, 9.17) is 5.73 Å². The Morgan fingerprint density at radius 2 is 2.32 bits per heavy atom. The summed E-state index contributed by atoms with van der Waals surface area (Å²) >= 11 is 0. The molecule has 0 aromatic carbocycles. The molecule has 1 amide bonds. The molecule has 0 saturated carbocycles. The van der Waals surface area contributed by atoms with Gasteiger partial charge in [0, 0.05) is 24.9 Å². The number of nitrogens with two attached hydrogens (primary N) is 1. The lowest BCUT2D eigenvalue weighted by molar-refractivity contribution is 0.102. The molecule has 0 aliphatic carbocycles. The first-order valence-electron chi connectivity index (χ1n) is 5.65. The van der Waals surface area contributed by atoms with Gasteiger partial charge in [-0.25, -0.2) is 4.98 Å². The van der Waals surface area contributed by atoms with Crippen molar-refractivity contribution in [3.63, 3.8) is 0 Å². The Labute approximate surface area is 110 Å². The number of hydrogen-bond acceptors (Lipinski definition) is 4. The standard InChI is InChI=1S/C13H13N5O/c1-18-12(6-8-16-18)17-13(19)11-5-4-10(9-15-11)3-2-7-14/h4-6,8-9H,7,14H2,1H3,(H,17,19). The van der Waals surface area contributed by atoms with E-state index < -0.39 is 0 Å². The second-order valence-corrected chi connectivity index (χ2v) is 3.73. The lowest BCUT2D eigenvalue weighted by atomic mass is 10.2. The average molecular weight is 255 g/mol. The second-order valence-electron chi connectivity index (χ2n) is 3.73. The molecule has 0 atom stereocenters. The summed E-state index contributed by atoms with van der Waals surface area (Å²) in [4.78, 5) is 16.0. The molecule has 2 rings (SSSR count). The van der Waals surface area contributed by atoms with E-state index in [-0.39, 0.29) is 5.91 Å². The molecule has 0 saturated heterocycles. The first kappa shape index (κ1) is 12.8. The van der Waals surface area contributed by atoms with Gasteiger partial charge >= 0.3 is 0 Å². The van der Waals surface area contributed by atoms with Crippen LogP contribution >= 0.6 is 0 Å². The van der Waals surface area contributed by atoms with Crippen molar-refractivity contribution in [1.29, 1.82) is 0 Å². The molecule has 0 spiro atoms.